The Morgan fingerprint density at radius 1 is 1.24 bits per heavy atom. The summed E-state index contributed by atoms with van der Waals surface area (Å²) >= 11 is 0. The number of aromatic nitrogens is 1. The molecule has 1 aliphatic carbocycles. The quantitative estimate of drug-likeness (QED) is 0.506. The summed E-state index contributed by atoms with van der Waals surface area (Å²) < 4.78 is 11.5. The van der Waals surface area contributed by atoms with E-state index in [1.54, 1.807) is 14.1 Å². The molecule has 1 aromatic rings. The molecule has 29 heavy (non-hydrogen) atoms. The minimum atomic E-state index is -0.417. The van der Waals surface area contributed by atoms with E-state index >= 15 is 0 Å². The first-order valence-corrected chi connectivity index (χ1v) is 10.3. The van der Waals surface area contributed by atoms with Crippen LogP contribution in [0.2, 0.25) is 0 Å². The van der Waals surface area contributed by atoms with Gasteiger partial charge in [0, 0.05) is 20.6 Å². The second kappa shape index (κ2) is 10.9. The predicted molar refractivity (Wildman–Crippen MR) is 114 cm³/mol. The van der Waals surface area contributed by atoms with E-state index in [2.05, 4.69) is 4.98 Å². The Morgan fingerprint density at radius 2 is 1.93 bits per heavy atom. The first kappa shape index (κ1) is 22.8. The molecule has 0 unspecified atom stereocenters. The van der Waals surface area contributed by atoms with Crippen LogP contribution >= 0.6 is 0 Å². The molecular formula is C21H35N5O3. The van der Waals surface area contributed by atoms with E-state index in [0.717, 1.165) is 30.7 Å². The molecule has 0 aromatic carbocycles. The number of hydrazine groups is 1. The highest BCUT2D eigenvalue weighted by Gasteiger charge is 2.18. The first-order chi connectivity index (χ1) is 13.8. The second-order valence-corrected chi connectivity index (χ2v) is 7.61. The van der Waals surface area contributed by atoms with E-state index in [4.69, 9.17) is 21.1 Å². The maximum atomic E-state index is 12.1. The molecule has 1 aromatic heterocycles. The van der Waals surface area contributed by atoms with Crippen molar-refractivity contribution in [3.05, 3.63) is 29.2 Å². The van der Waals surface area contributed by atoms with Gasteiger partial charge in [-0.2, -0.15) is 0 Å². The zero-order valence-electron chi connectivity index (χ0n) is 18.1. The number of nitrogens with two attached hydrogens (primary N) is 2. The number of nitrogens with zero attached hydrogens (tertiary/aromatic N) is 3. The van der Waals surface area contributed by atoms with Crippen LogP contribution in [-0.4, -0.2) is 54.3 Å². The summed E-state index contributed by atoms with van der Waals surface area (Å²) in [6.45, 7) is 4.48. The van der Waals surface area contributed by atoms with Crippen LogP contribution in [0.15, 0.2) is 17.8 Å². The van der Waals surface area contributed by atoms with E-state index in [-0.39, 0.29) is 12.7 Å². The van der Waals surface area contributed by atoms with Gasteiger partial charge in [-0.05, 0) is 51.2 Å². The Balaban J connectivity index is 2.12. The third-order valence-corrected chi connectivity index (χ3v) is 5.10. The van der Waals surface area contributed by atoms with Crippen LogP contribution in [0.3, 0.4) is 0 Å². The molecule has 1 aliphatic rings. The molecule has 0 saturated heterocycles. The van der Waals surface area contributed by atoms with Gasteiger partial charge in [-0.15, -0.1) is 0 Å². The summed E-state index contributed by atoms with van der Waals surface area (Å²) in [6.07, 6.45) is 6.57. The van der Waals surface area contributed by atoms with Crippen molar-refractivity contribution in [2.45, 2.75) is 58.5 Å². The summed E-state index contributed by atoms with van der Waals surface area (Å²) in [6, 6.07) is 3.71. The molecular weight excluding hydrogens is 370 g/mol. The fourth-order valence-corrected chi connectivity index (χ4v) is 3.37. The van der Waals surface area contributed by atoms with Crippen molar-refractivity contribution in [3.8, 4) is 5.75 Å². The maximum Gasteiger partial charge on any atom is 0.409 e. The second-order valence-electron chi connectivity index (χ2n) is 7.61. The highest BCUT2D eigenvalue weighted by molar-refractivity contribution is 5.68. The number of amides is 1. The minimum Gasteiger partial charge on any atom is -0.489 e. The summed E-state index contributed by atoms with van der Waals surface area (Å²) in [5, 5.41) is 1.35. The summed E-state index contributed by atoms with van der Waals surface area (Å²) in [5.41, 5.74) is 8.51. The molecule has 8 heteroatoms. The van der Waals surface area contributed by atoms with Crippen molar-refractivity contribution in [2.75, 3.05) is 27.2 Å². The maximum absolute atomic E-state index is 12.1. The number of carbonyl (C=O) groups excluding carboxylic acids is 1. The van der Waals surface area contributed by atoms with E-state index in [0.29, 0.717) is 23.6 Å². The van der Waals surface area contributed by atoms with Gasteiger partial charge < -0.3 is 25.1 Å². The Kier molecular flexibility index (Phi) is 8.57. The predicted octanol–water partition coefficient (Wildman–Crippen LogP) is 3.01. The lowest BCUT2D eigenvalue weighted by Gasteiger charge is -2.24. The SMILES string of the molecule is CCCN(C)C(=O)OC/C(=C(/N)c1ccc(OC2CCCCC2)c(C)n1)N(C)N. The van der Waals surface area contributed by atoms with Gasteiger partial charge >= 0.3 is 6.09 Å². The Morgan fingerprint density at radius 3 is 2.52 bits per heavy atom. The van der Waals surface area contributed by atoms with Crippen molar-refractivity contribution in [1.82, 2.24) is 14.9 Å². The van der Waals surface area contributed by atoms with E-state index in [9.17, 15) is 4.79 Å². The third-order valence-electron chi connectivity index (χ3n) is 5.10. The molecule has 0 aliphatic heterocycles. The fraction of sp³-hybridized carbons (Fsp3) is 0.619. The molecule has 1 saturated carbocycles. The molecule has 1 amide bonds. The largest absolute Gasteiger partial charge is 0.489 e. The molecule has 0 bridgehead atoms. The average Bonchev–Trinajstić information content (AvgIpc) is 2.70. The van der Waals surface area contributed by atoms with Gasteiger partial charge in [0.1, 0.15) is 12.4 Å². The van der Waals surface area contributed by atoms with Crippen LogP contribution < -0.4 is 16.3 Å². The first-order valence-electron chi connectivity index (χ1n) is 10.3. The van der Waals surface area contributed by atoms with Gasteiger partial charge in [0.25, 0.3) is 0 Å². The monoisotopic (exact) mass is 405 g/mol. The lowest BCUT2D eigenvalue weighted by molar-refractivity contribution is 0.113. The lowest BCUT2D eigenvalue weighted by Crippen LogP contribution is -2.34. The smallest absolute Gasteiger partial charge is 0.409 e. The number of carbonyl (C=O) groups is 1. The van der Waals surface area contributed by atoms with E-state index < -0.39 is 6.09 Å². The van der Waals surface area contributed by atoms with Gasteiger partial charge in [0.2, 0.25) is 0 Å². The van der Waals surface area contributed by atoms with Gasteiger partial charge in [-0.25, -0.2) is 15.6 Å². The minimum absolute atomic E-state index is 0.0349. The van der Waals surface area contributed by atoms with Crippen LogP contribution in [0.1, 0.15) is 56.8 Å². The number of aryl methyl sites for hydroxylation is 1. The van der Waals surface area contributed by atoms with Crippen LogP contribution in [0.5, 0.6) is 5.75 Å². The Labute approximate surface area is 173 Å². The molecule has 0 spiro atoms. The van der Waals surface area contributed by atoms with Crippen molar-refractivity contribution in [1.29, 1.82) is 0 Å². The van der Waals surface area contributed by atoms with Crippen molar-refractivity contribution in [2.24, 2.45) is 11.6 Å². The lowest BCUT2D eigenvalue weighted by atomic mass is 9.98. The summed E-state index contributed by atoms with van der Waals surface area (Å²) in [4.78, 5) is 18.2. The van der Waals surface area contributed by atoms with Crippen LogP contribution in [0.25, 0.3) is 5.70 Å². The molecule has 162 valence electrons. The van der Waals surface area contributed by atoms with Crippen molar-refractivity contribution >= 4 is 11.8 Å². The topological polar surface area (TPSA) is 107 Å². The number of likely N-dealkylation sites (N-methyl/N-ethyl adjacent to an activating group) is 1. The van der Waals surface area contributed by atoms with Gasteiger partial charge in [0.15, 0.2) is 0 Å². The van der Waals surface area contributed by atoms with Crippen LogP contribution in [-0.2, 0) is 4.74 Å². The highest BCUT2D eigenvalue weighted by atomic mass is 16.6. The zero-order chi connectivity index (χ0) is 21.4. The highest BCUT2D eigenvalue weighted by Crippen LogP contribution is 2.26. The number of rotatable bonds is 8. The van der Waals surface area contributed by atoms with Crippen molar-refractivity contribution in [3.63, 3.8) is 0 Å². The third kappa shape index (κ3) is 6.52. The molecule has 4 N–H and O–H groups in total. The molecule has 2 rings (SSSR count). The Hall–Kier alpha value is -2.48. The number of pyridine rings is 1. The standard InChI is InChI=1S/C21H35N5O3/c1-5-13-25(3)21(27)28-14-18(26(4)23)20(22)17-11-12-19(15(2)24-17)29-16-9-7-6-8-10-16/h11-12,16H,5-10,13-14,22-23H2,1-4H3/b20-18-. The van der Waals surface area contributed by atoms with E-state index in [1.807, 2.05) is 26.0 Å². The molecule has 1 fully saturated rings. The Bertz CT molecular complexity index is 714. The van der Waals surface area contributed by atoms with Gasteiger partial charge in [0.05, 0.1) is 28.9 Å². The number of hydrogen-bond acceptors (Lipinski definition) is 7. The van der Waals surface area contributed by atoms with Crippen LogP contribution in [0.4, 0.5) is 4.79 Å². The average molecular weight is 406 g/mol. The summed E-state index contributed by atoms with van der Waals surface area (Å²) in [5.74, 6) is 6.71. The normalized spacial score (nSPS) is 15.5. The van der Waals surface area contributed by atoms with Crippen LogP contribution in [0, 0.1) is 6.92 Å². The fourth-order valence-electron chi connectivity index (χ4n) is 3.37. The number of hydrogen-bond donors (Lipinski definition) is 2. The molecule has 8 nitrogen and oxygen atoms in total. The van der Waals surface area contributed by atoms with Crippen molar-refractivity contribution < 1.29 is 14.3 Å². The zero-order valence-corrected chi connectivity index (χ0v) is 18.1. The molecule has 0 radical (unpaired) electrons. The number of ether oxygens (including phenoxy) is 2. The van der Waals surface area contributed by atoms with Gasteiger partial charge in [-0.3, -0.25) is 0 Å². The van der Waals surface area contributed by atoms with E-state index in [1.165, 1.54) is 29.2 Å². The molecule has 0 atom stereocenters. The molecule has 1 heterocycles. The summed E-state index contributed by atoms with van der Waals surface area (Å²) in [7, 11) is 3.35. The van der Waals surface area contributed by atoms with Gasteiger partial charge in [-0.1, -0.05) is 13.3 Å².